The molecule has 0 amide bonds. The summed E-state index contributed by atoms with van der Waals surface area (Å²) in [6, 6.07) is 7.00. The highest BCUT2D eigenvalue weighted by Crippen LogP contribution is 2.18. The molecule has 3 nitrogen and oxygen atoms in total. The van der Waals surface area contributed by atoms with Crippen molar-refractivity contribution in [1.29, 1.82) is 0 Å². The highest BCUT2D eigenvalue weighted by Gasteiger charge is 2.25. The Labute approximate surface area is 109 Å². The van der Waals surface area contributed by atoms with Crippen molar-refractivity contribution in [2.24, 2.45) is 0 Å². The summed E-state index contributed by atoms with van der Waals surface area (Å²) in [7, 11) is 0. The average Bonchev–Trinajstić information content (AvgIpc) is 2.36. The summed E-state index contributed by atoms with van der Waals surface area (Å²) in [6.07, 6.45) is -0.0358. The van der Waals surface area contributed by atoms with Gasteiger partial charge in [-0.15, -0.1) is 0 Å². The van der Waals surface area contributed by atoms with Crippen LogP contribution in [0.15, 0.2) is 18.2 Å². The van der Waals surface area contributed by atoms with Gasteiger partial charge in [0, 0.05) is 19.1 Å². The molecule has 1 saturated heterocycles. The molecule has 0 spiro atoms. The Bertz CT molecular complexity index is 405. The van der Waals surface area contributed by atoms with E-state index in [0.717, 1.165) is 13.1 Å². The predicted molar refractivity (Wildman–Crippen MR) is 72.6 cm³/mol. The van der Waals surface area contributed by atoms with Crippen molar-refractivity contribution in [3.05, 3.63) is 34.9 Å². The van der Waals surface area contributed by atoms with E-state index in [4.69, 9.17) is 4.74 Å². The van der Waals surface area contributed by atoms with Crippen LogP contribution in [0.2, 0.25) is 0 Å². The van der Waals surface area contributed by atoms with Crippen molar-refractivity contribution in [2.45, 2.75) is 39.5 Å². The number of hydrogen-bond acceptors (Lipinski definition) is 3. The summed E-state index contributed by atoms with van der Waals surface area (Å²) < 4.78 is 5.57. The van der Waals surface area contributed by atoms with Crippen LogP contribution in [0.4, 0.5) is 0 Å². The zero-order valence-corrected chi connectivity index (χ0v) is 11.5. The molecule has 0 aliphatic carbocycles. The zero-order valence-electron chi connectivity index (χ0n) is 11.5. The highest BCUT2D eigenvalue weighted by atomic mass is 16.5. The molecular formula is C15H23NO2. The van der Waals surface area contributed by atoms with Crippen LogP contribution >= 0.6 is 0 Å². The Hall–Kier alpha value is -0.900. The van der Waals surface area contributed by atoms with Crippen LogP contribution in [0.25, 0.3) is 0 Å². The summed E-state index contributed by atoms with van der Waals surface area (Å²) in [5.41, 5.74) is 4.01. The van der Waals surface area contributed by atoms with Gasteiger partial charge in [0.25, 0.3) is 0 Å². The Morgan fingerprint density at radius 1 is 1.39 bits per heavy atom. The first kappa shape index (κ1) is 13.5. The maximum Gasteiger partial charge on any atom is 0.0933 e. The molecule has 0 aromatic heterocycles. The average molecular weight is 249 g/mol. The molecule has 0 saturated carbocycles. The van der Waals surface area contributed by atoms with E-state index in [2.05, 4.69) is 43.9 Å². The molecule has 2 atom stereocenters. The third-order valence-electron chi connectivity index (χ3n) is 3.72. The second-order valence-corrected chi connectivity index (χ2v) is 5.35. The van der Waals surface area contributed by atoms with Gasteiger partial charge in [0.05, 0.1) is 19.3 Å². The van der Waals surface area contributed by atoms with Gasteiger partial charge < -0.3 is 9.84 Å². The van der Waals surface area contributed by atoms with Crippen molar-refractivity contribution < 1.29 is 9.84 Å². The smallest absolute Gasteiger partial charge is 0.0933 e. The van der Waals surface area contributed by atoms with Gasteiger partial charge in [-0.2, -0.15) is 0 Å². The summed E-state index contributed by atoms with van der Waals surface area (Å²) in [5, 5.41) is 9.21. The lowest BCUT2D eigenvalue weighted by Crippen LogP contribution is -2.48. The third kappa shape index (κ3) is 3.10. The fourth-order valence-electron chi connectivity index (χ4n) is 2.40. The van der Waals surface area contributed by atoms with Crippen molar-refractivity contribution in [1.82, 2.24) is 4.90 Å². The van der Waals surface area contributed by atoms with Gasteiger partial charge in [-0.1, -0.05) is 23.8 Å². The summed E-state index contributed by atoms with van der Waals surface area (Å²) >= 11 is 0. The fourth-order valence-corrected chi connectivity index (χ4v) is 2.40. The van der Waals surface area contributed by atoms with E-state index in [-0.39, 0.29) is 12.7 Å². The van der Waals surface area contributed by atoms with Crippen LogP contribution in [0.3, 0.4) is 0 Å². The number of ether oxygens (including phenoxy) is 1. The number of aliphatic hydroxyl groups is 1. The first-order valence-electron chi connectivity index (χ1n) is 6.62. The molecule has 3 heteroatoms. The van der Waals surface area contributed by atoms with E-state index in [1.54, 1.807) is 0 Å². The summed E-state index contributed by atoms with van der Waals surface area (Å²) in [6.45, 7) is 9.02. The number of morpholine rings is 1. The molecule has 2 unspecified atom stereocenters. The Morgan fingerprint density at radius 2 is 2.17 bits per heavy atom. The predicted octanol–water partition coefficient (Wildman–Crippen LogP) is 1.89. The molecule has 1 N–H and O–H groups in total. The molecule has 1 heterocycles. The van der Waals surface area contributed by atoms with Crippen LogP contribution in [0.5, 0.6) is 0 Å². The maximum atomic E-state index is 9.21. The lowest BCUT2D eigenvalue weighted by Gasteiger charge is -2.37. The minimum absolute atomic E-state index is 0.0358. The largest absolute Gasteiger partial charge is 0.394 e. The molecule has 1 aliphatic heterocycles. The fraction of sp³-hybridized carbons (Fsp3) is 0.600. The number of benzene rings is 1. The monoisotopic (exact) mass is 249 g/mol. The first-order valence-corrected chi connectivity index (χ1v) is 6.62. The van der Waals surface area contributed by atoms with E-state index < -0.39 is 0 Å². The number of rotatable bonds is 3. The van der Waals surface area contributed by atoms with Gasteiger partial charge in [-0.25, -0.2) is 0 Å². The zero-order chi connectivity index (χ0) is 13.1. The molecule has 2 rings (SSSR count). The molecule has 1 aliphatic rings. The Balaban J connectivity index is 2.09. The molecule has 1 aromatic carbocycles. The number of aliphatic hydroxyl groups excluding tert-OH is 1. The van der Waals surface area contributed by atoms with Gasteiger partial charge in [0.15, 0.2) is 0 Å². The molecular weight excluding hydrogens is 226 g/mol. The lowest BCUT2D eigenvalue weighted by molar-refractivity contribution is -0.0806. The van der Waals surface area contributed by atoms with Crippen molar-refractivity contribution in [2.75, 3.05) is 19.8 Å². The molecule has 0 bridgehead atoms. The Kier molecular flexibility index (Phi) is 4.38. The minimum Gasteiger partial charge on any atom is -0.394 e. The molecule has 1 aromatic rings. The topological polar surface area (TPSA) is 32.7 Å². The first-order chi connectivity index (χ1) is 8.60. The van der Waals surface area contributed by atoms with Crippen LogP contribution in [0, 0.1) is 13.8 Å². The highest BCUT2D eigenvalue weighted by molar-refractivity contribution is 5.30. The van der Waals surface area contributed by atoms with E-state index >= 15 is 0 Å². The molecule has 18 heavy (non-hydrogen) atoms. The molecule has 0 radical (unpaired) electrons. The van der Waals surface area contributed by atoms with Gasteiger partial charge in [0.2, 0.25) is 0 Å². The molecule has 1 fully saturated rings. The minimum atomic E-state index is -0.0358. The van der Waals surface area contributed by atoms with Crippen LogP contribution in [-0.4, -0.2) is 41.9 Å². The van der Waals surface area contributed by atoms with Crippen LogP contribution in [-0.2, 0) is 11.3 Å². The Morgan fingerprint density at radius 3 is 2.89 bits per heavy atom. The SMILES string of the molecule is Cc1ccc(C)c(CN2CC(CO)OCC2C)c1. The van der Waals surface area contributed by atoms with Gasteiger partial charge in [-0.05, 0) is 31.9 Å². The third-order valence-corrected chi connectivity index (χ3v) is 3.72. The number of hydrogen-bond donors (Lipinski definition) is 1. The van der Waals surface area contributed by atoms with Crippen LogP contribution in [0.1, 0.15) is 23.6 Å². The quantitative estimate of drug-likeness (QED) is 0.888. The van der Waals surface area contributed by atoms with Gasteiger partial charge in [0.1, 0.15) is 0 Å². The van der Waals surface area contributed by atoms with E-state index in [1.807, 2.05) is 0 Å². The number of nitrogens with zero attached hydrogens (tertiary/aromatic N) is 1. The standard InChI is InChI=1S/C15H23NO2/c1-11-4-5-12(2)14(6-11)7-16-8-15(9-17)18-10-13(16)3/h4-6,13,15,17H,7-10H2,1-3H3. The second kappa shape index (κ2) is 5.83. The van der Waals surface area contributed by atoms with Crippen molar-refractivity contribution >= 4 is 0 Å². The van der Waals surface area contributed by atoms with Crippen LogP contribution < -0.4 is 0 Å². The van der Waals surface area contributed by atoms with E-state index in [9.17, 15) is 5.11 Å². The second-order valence-electron chi connectivity index (χ2n) is 5.35. The lowest BCUT2D eigenvalue weighted by atomic mass is 10.0. The van der Waals surface area contributed by atoms with Gasteiger partial charge in [-0.3, -0.25) is 4.90 Å². The summed E-state index contributed by atoms with van der Waals surface area (Å²) in [4.78, 5) is 2.40. The maximum absolute atomic E-state index is 9.21. The number of aryl methyl sites for hydroxylation is 2. The molecule has 100 valence electrons. The summed E-state index contributed by atoms with van der Waals surface area (Å²) in [5.74, 6) is 0. The normalized spacial score (nSPS) is 25.3. The van der Waals surface area contributed by atoms with Crippen molar-refractivity contribution in [3.8, 4) is 0 Å². The van der Waals surface area contributed by atoms with Crippen molar-refractivity contribution in [3.63, 3.8) is 0 Å². The van der Waals surface area contributed by atoms with Gasteiger partial charge >= 0.3 is 0 Å². The van der Waals surface area contributed by atoms with E-state index in [1.165, 1.54) is 16.7 Å². The van der Waals surface area contributed by atoms with E-state index in [0.29, 0.717) is 12.6 Å².